The summed E-state index contributed by atoms with van der Waals surface area (Å²) in [6.45, 7) is 4.35. The average molecular weight is 484 g/mol. The van der Waals surface area contributed by atoms with Gasteiger partial charge in [0.15, 0.2) is 28.5 Å². The van der Waals surface area contributed by atoms with E-state index in [-0.39, 0.29) is 5.95 Å². The molecule has 1 aliphatic heterocycles. The first-order chi connectivity index (χ1) is 17.6. The fraction of sp³-hybridized carbons (Fsp3) is 0.259. The van der Waals surface area contributed by atoms with Gasteiger partial charge in [0.05, 0.1) is 26.1 Å². The van der Waals surface area contributed by atoms with Crippen molar-refractivity contribution in [2.45, 2.75) is 0 Å². The number of ether oxygens (including phenoxy) is 2. The zero-order valence-corrected chi connectivity index (χ0v) is 20.5. The summed E-state index contributed by atoms with van der Waals surface area (Å²) in [4.78, 5) is 22.9. The van der Waals surface area contributed by atoms with Crippen molar-refractivity contribution < 1.29 is 9.47 Å². The van der Waals surface area contributed by atoms with Crippen molar-refractivity contribution in [1.82, 2.24) is 24.8 Å². The number of anilines is 2. The molecule has 2 aromatic carbocycles. The molecule has 5 rings (SSSR count). The van der Waals surface area contributed by atoms with E-state index in [1.165, 1.54) is 5.56 Å². The van der Waals surface area contributed by atoms with Gasteiger partial charge in [0.25, 0.3) is 0 Å². The highest BCUT2D eigenvalue weighted by atomic mass is 16.5. The Balaban J connectivity index is 1.35. The molecule has 1 aliphatic rings. The van der Waals surface area contributed by atoms with Crippen LogP contribution in [0.4, 0.5) is 11.8 Å². The fourth-order valence-electron chi connectivity index (χ4n) is 4.31. The number of aromatic nitrogens is 4. The SMILES string of the molecule is COc1ccc(-c2cnc3nc(N)nc(N4CCN(CC=Cc5ccccc5)CC4)c3n2)cc1OC. The fourth-order valence-corrected chi connectivity index (χ4v) is 4.31. The molecule has 4 aromatic rings. The van der Waals surface area contributed by atoms with Gasteiger partial charge < -0.3 is 20.1 Å². The Hall–Kier alpha value is -4.24. The van der Waals surface area contributed by atoms with E-state index in [0.717, 1.165) is 38.3 Å². The van der Waals surface area contributed by atoms with Crippen LogP contribution in [0.3, 0.4) is 0 Å². The van der Waals surface area contributed by atoms with E-state index in [2.05, 4.69) is 61.2 Å². The standard InChI is InChI=1S/C27H29N7O2/c1-35-22-11-10-20(17-23(22)36-2)21-18-29-25-24(30-21)26(32-27(28)31-25)34-15-13-33(14-16-34)12-6-9-19-7-4-3-5-8-19/h3-11,17-18H,12-16H2,1-2H3,(H2,28,29,31,32). The normalized spacial score (nSPS) is 14.4. The van der Waals surface area contributed by atoms with Crippen molar-refractivity contribution in [3.05, 3.63) is 66.4 Å². The number of methoxy groups -OCH3 is 2. The van der Waals surface area contributed by atoms with Crippen LogP contribution in [0.2, 0.25) is 0 Å². The van der Waals surface area contributed by atoms with Crippen molar-refractivity contribution in [3.63, 3.8) is 0 Å². The molecule has 36 heavy (non-hydrogen) atoms. The van der Waals surface area contributed by atoms with Crippen LogP contribution in [0.25, 0.3) is 28.5 Å². The molecular formula is C27H29N7O2. The number of hydrogen-bond donors (Lipinski definition) is 1. The summed E-state index contributed by atoms with van der Waals surface area (Å²) in [5, 5.41) is 0. The number of hydrogen-bond acceptors (Lipinski definition) is 9. The number of benzene rings is 2. The number of piperazine rings is 1. The first-order valence-electron chi connectivity index (χ1n) is 11.9. The molecule has 0 unspecified atom stereocenters. The Bertz CT molecular complexity index is 1370. The summed E-state index contributed by atoms with van der Waals surface area (Å²) in [5.41, 5.74) is 9.92. The topological polar surface area (TPSA) is 103 Å². The lowest BCUT2D eigenvalue weighted by molar-refractivity contribution is 0.284. The molecule has 1 fully saturated rings. The first-order valence-corrected chi connectivity index (χ1v) is 11.9. The van der Waals surface area contributed by atoms with Crippen LogP contribution in [-0.4, -0.2) is 71.8 Å². The van der Waals surface area contributed by atoms with Crippen molar-refractivity contribution in [1.29, 1.82) is 0 Å². The van der Waals surface area contributed by atoms with E-state index in [1.807, 2.05) is 24.3 Å². The van der Waals surface area contributed by atoms with Gasteiger partial charge in [-0.1, -0.05) is 42.5 Å². The largest absolute Gasteiger partial charge is 0.493 e. The van der Waals surface area contributed by atoms with Gasteiger partial charge in [-0.25, -0.2) is 9.97 Å². The second-order valence-corrected chi connectivity index (χ2v) is 8.50. The monoisotopic (exact) mass is 483 g/mol. The molecule has 0 saturated carbocycles. The van der Waals surface area contributed by atoms with E-state index in [1.54, 1.807) is 20.4 Å². The Labute approximate surface area is 210 Å². The van der Waals surface area contributed by atoms with Crippen LogP contribution in [0.15, 0.2) is 60.8 Å². The van der Waals surface area contributed by atoms with Crippen LogP contribution in [0.1, 0.15) is 5.56 Å². The average Bonchev–Trinajstić information content (AvgIpc) is 2.93. The molecule has 0 aliphatic carbocycles. The molecule has 3 heterocycles. The second-order valence-electron chi connectivity index (χ2n) is 8.50. The molecule has 0 bridgehead atoms. The maximum Gasteiger partial charge on any atom is 0.224 e. The Kier molecular flexibility index (Phi) is 6.90. The van der Waals surface area contributed by atoms with Crippen LogP contribution in [0.5, 0.6) is 11.5 Å². The summed E-state index contributed by atoms with van der Waals surface area (Å²) >= 11 is 0. The summed E-state index contributed by atoms with van der Waals surface area (Å²) in [7, 11) is 3.22. The number of nitrogens with zero attached hydrogens (tertiary/aromatic N) is 6. The molecule has 9 nitrogen and oxygen atoms in total. The molecule has 0 spiro atoms. The lowest BCUT2D eigenvalue weighted by atomic mass is 10.1. The zero-order valence-electron chi connectivity index (χ0n) is 20.5. The van der Waals surface area contributed by atoms with Crippen LogP contribution < -0.4 is 20.1 Å². The maximum absolute atomic E-state index is 6.03. The number of nitrogen functional groups attached to an aromatic ring is 1. The smallest absolute Gasteiger partial charge is 0.224 e. The quantitative estimate of drug-likeness (QED) is 0.423. The van der Waals surface area contributed by atoms with E-state index in [4.69, 9.17) is 20.2 Å². The molecular weight excluding hydrogens is 454 g/mol. The summed E-state index contributed by atoms with van der Waals surface area (Å²) in [6, 6.07) is 16.0. The highest BCUT2D eigenvalue weighted by Gasteiger charge is 2.22. The van der Waals surface area contributed by atoms with E-state index >= 15 is 0 Å². The lowest BCUT2D eigenvalue weighted by Crippen LogP contribution is -2.46. The van der Waals surface area contributed by atoms with Crippen molar-refractivity contribution in [2.24, 2.45) is 0 Å². The van der Waals surface area contributed by atoms with Gasteiger partial charge in [-0.05, 0) is 23.8 Å². The van der Waals surface area contributed by atoms with E-state index in [0.29, 0.717) is 34.2 Å². The lowest BCUT2D eigenvalue weighted by Gasteiger charge is -2.35. The molecule has 1 saturated heterocycles. The molecule has 184 valence electrons. The second kappa shape index (κ2) is 10.6. The van der Waals surface area contributed by atoms with Crippen LogP contribution in [-0.2, 0) is 0 Å². The van der Waals surface area contributed by atoms with Gasteiger partial charge in [0.2, 0.25) is 5.95 Å². The zero-order chi connectivity index (χ0) is 24.9. The highest BCUT2D eigenvalue weighted by molar-refractivity contribution is 5.86. The number of fused-ring (bicyclic) bond motifs is 1. The van der Waals surface area contributed by atoms with Gasteiger partial charge in [-0.2, -0.15) is 9.97 Å². The van der Waals surface area contributed by atoms with Crippen molar-refractivity contribution in [2.75, 3.05) is 57.6 Å². The van der Waals surface area contributed by atoms with Crippen LogP contribution >= 0.6 is 0 Å². The molecule has 0 radical (unpaired) electrons. The summed E-state index contributed by atoms with van der Waals surface area (Å²) in [5.74, 6) is 2.19. The number of rotatable bonds is 7. The molecule has 9 heteroatoms. The van der Waals surface area contributed by atoms with Crippen LogP contribution in [0, 0.1) is 0 Å². The maximum atomic E-state index is 6.03. The highest BCUT2D eigenvalue weighted by Crippen LogP contribution is 2.32. The Morgan fingerprint density at radius 1 is 0.917 bits per heavy atom. The van der Waals surface area contributed by atoms with Gasteiger partial charge >= 0.3 is 0 Å². The van der Waals surface area contributed by atoms with Crippen molar-refractivity contribution >= 4 is 29.0 Å². The van der Waals surface area contributed by atoms with Gasteiger partial charge in [-0.3, -0.25) is 4.90 Å². The minimum absolute atomic E-state index is 0.193. The molecule has 2 N–H and O–H groups in total. The van der Waals surface area contributed by atoms with Crippen molar-refractivity contribution in [3.8, 4) is 22.8 Å². The van der Waals surface area contributed by atoms with E-state index < -0.39 is 0 Å². The minimum atomic E-state index is 0.193. The first kappa shape index (κ1) is 23.5. The van der Waals surface area contributed by atoms with Gasteiger partial charge in [-0.15, -0.1) is 0 Å². The number of nitrogens with two attached hydrogens (primary N) is 1. The van der Waals surface area contributed by atoms with Gasteiger partial charge in [0, 0.05) is 38.3 Å². The Morgan fingerprint density at radius 2 is 1.69 bits per heavy atom. The third kappa shape index (κ3) is 5.06. The predicted molar refractivity (Wildman–Crippen MR) is 142 cm³/mol. The van der Waals surface area contributed by atoms with E-state index in [9.17, 15) is 0 Å². The third-order valence-electron chi connectivity index (χ3n) is 6.23. The third-order valence-corrected chi connectivity index (χ3v) is 6.23. The summed E-state index contributed by atoms with van der Waals surface area (Å²) < 4.78 is 10.8. The Morgan fingerprint density at radius 3 is 2.44 bits per heavy atom. The summed E-state index contributed by atoms with van der Waals surface area (Å²) in [6.07, 6.45) is 6.07. The van der Waals surface area contributed by atoms with Gasteiger partial charge in [0.1, 0.15) is 0 Å². The minimum Gasteiger partial charge on any atom is -0.493 e. The molecule has 0 amide bonds. The molecule has 2 aromatic heterocycles. The predicted octanol–water partition coefficient (Wildman–Crippen LogP) is 3.52. The molecule has 0 atom stereocenters.